The number of hydrogen-bond acceptors (Lipinski definition) is 5. The van der Waals surface area contributed by atoms with Crippen LogP contribution in [0.15, 0.2) is 48.5 Å². The number of piperidine rings is 1. The summed E-state index contributed by atoms with van der Waals surface area (Å²) in [4.78, 5) is 39.5. The second-order valence-electron chi connectivity index (χ2n) is 9.92. The fraction of sp³-hybridized carbons (Fsp3) is 0.444. The molecule has 2 aliphatic heterocycles. The van der Waals surface area contributed by atoms with Crippen molar-refractivity contribution in [3.8, 4) is 11.1 Å². The summed E-state index contributed by atoms with van der Waals surface area (Å²) in [6, 6.07) is 15.7. The van der Waals surface area contributed by atoms with E-state index in [1.165, 1.54) is 4.90 Å². The summed E-state index contributed by atoms with van der Waals surface area (Å²) in [6.07, 6.45) is 1.07. The van der Waals surface area contributed by atoms with E-state index in [0.717, 1.165) is 35.1 Å². The molecule has 3 fully saturated rings. The van der Waals surface area contributed by atoms with Crippen molar-refractivity contribution in [1.29, 1.82) is 0 Å². The van der Waals surface area contributed by atoms with Crippen LogP contribution >= 0.6 is 0 Å². The van der Waals surface area contributed by atoms with Gasteiger partial charge < -0.3 is 24.8 Å². The van der Waals surface area contributed by atoms with E-state index in [9.17, 15) is 19.5 Å². The van der Waals surface area contributed by atoms with Gasteiger partial charge in [0.15, 0.2) is 6.10 Å². The maximum absolute atomic E-state index is 13.3. The molecule has 2 aromatic rings. The van der Waals surface area contributed by atoms with Gasteiger partial charge in [-0.1, -0.05) is 48.5 Å². The van der Waals surface area contributed by atoms with Crippen LogP contribution in [0, 0.1) is 5.92 Å². The lowest BCUT2D eigenvalue weighted by Crippen LogP contribution is -2.57. The highest BCUT2D eigenvalue weighted by molar-refractivity contribution is 5.93. The number of amides is 2. The molecule has 2 aliphatic carbocycles. The largest absolute Gasteiger partial charge is 0.479 e. The molecule has 4 atom stereocenters. The van der Waals surface area contributed by atoms with Crippen LogP contribution in [0.25, 0.3) is 11.1 Å². The van der Waals surface area contributed by atoms with Gasteiger partial charge in [-0.25, -0.2) is 9.59 Å². The molecule has 8 heteroatoms. The lowest BCUT2D eigenvalue weighted by molar-refractivity contribution is -0.159. The third-order valence-electron chi connectivity index (χ3n) is 8.11. The van der Waals surface area contributed by atoms with E-state index < -0.39 is 29.7 Å². The Morgan fingerprint density at radius 2 is 1.74 bits per heavy atom. The average molecular weight is 477 g/mol. The Labute approximate surface area is 203 Å². The van der Waals surface area contributed by atoms with E-state index in [2.05, 4.69) is 29.6 Å². The Morgan fingerprint density at radius 1 is 1.06 bits per heavy atom. The van der Waals surface area contributed by atoms with Crippen LogP contribution in [-0.2, 0) is 19.1 Å². The van der Waals surface area contributed by atoms with Crippen molar-refractivity contribution < 1.29 is 29.0 Å². The molecule has 8 nitrogen and oxygen atoms in total. The number of carbonyl (C=O) groups is 3. The molecule has 2 saturated heterocycles. The SMILES string of the molecule is O=C(N[C@@H]1CCO[C@@H]1C(=O)N1CCCC2CC21C(=O)O)OCC1c2ccccc2-c2ccccc21. The molecule has 35 heavy (non-hydrogen) atoms. The minimum absolute atomic E-state index is 0.00708. The highest BCUT2D eigenvalue weighted by atomic mass is 16.6. The molecule has 1 saturated carbocycles. The molecular weight excluding hydrogens is 448 g/mol. The predicted molar refractivity (Wildman–Crippen MR) is 126 cm³/mol. The van der Waals surface area contributed by atoms with Gasteiger partial charge in [0.1, 0.15) is 12.1 Å². The predicted octanol–water partition coefficient (Wildman–Crippen LogP) is 3.15. The quantitative estimate of drug-likeness (QED) is 0.687. The molecular formula is C27H28N2O6. The van der Waals surface area contributed by atoms with Gasteiger partial charge in [0.05, 0.1) is 6.04 Å². The lowest BCUT2D eigenvalue weighted by Gasteiger charge is -2.36. The molecule has 0 radical (unpaired) electrons. The summed E-state index contributed by atoms with van der Waals surface area (Å²) in [5, 5.41) is 12.6. The maximum atomic E-state index is 13.3. The molecule has 0 aromatic heterocycles. The molecule has 0 spiro atoms. The number of benzene rings is 2. The minimum atomic E-state index is -1.10. The number of carboxylic acid groups (broad SMARTS) is 1. The fourth-order valence-corrected chi connectivity index (χ4v) is 6.29. The second kappa shape index (κ2) is 8.37. The first-order valence-corrected chi connectivity index (χ1v) is 12.3. The number of hydrogen-bond donors (Lipinski definition) is 2. The molecule has 2 unspecified atom stereocenters. The van der Waals surface area contributed by atoms with Gasteiger partial charge in [-0.15, -0.1) is 0 Å². The number of rotatable bonds is 5. The molecule has 2 heterocycles. The highest BCUT2D eigenvalue weighted by Gasteiger charge is 2.67. The number of carbonyl (C=O) groups excluding carboxylic acids is 2. The maximum Gasteiger partial charge on any atom is 0.407 e. The van der Waals surface area contributed by atoms with Crippen LogP contribution in [0.2, 0.25) is 0 Å². The number of likely N-dealkylation sites (tertiary alicyclic amines) is 1. The second-order valence-corrected chi connectivity index (χ2v) is 9.92. The van der Waals surface area contributed by atoms with Crippen LogP contribution < -0.4 is 5.32 Å². The summed E-state index contributed by atoms with van der Waals surface area (Å²) >= 11 is 0. The number of aliphatic carboxylic acids is 1. The Hall–Kier alpha value is -3.39. The van der Waals surface area contributed by atoms with Crippen LogP contribution in [0.5, 0.6) is 0 Å². The molecule has 0 bridgehead atoms. The zero-order chi connectivity index (χ0) is 24.2. The topological polar surface area (TPSA) is 105 Å². The Kier molecular flexibility index (Phi) is 5.29. The van der Waals surface area contributed by atoms with Crippen molar-refractivity contribution in [2.75, 3.05) is 19.8 Å². The molecule has 182 valence electrons. The van der Waals surface area contributed by atoms with Crippen molar-refractivity contribution in [3.63, 3.8) is 0 Å². The zero-order valence-electron chi connectivity index (χ0n) is 19.3. The lowest BCUT2D eigenvalue weighted by atomic mass is 9.98. The first-order valence-electron chi connectivity index (χ1n) is 12.3. The van der Waals surface area contributed by atoms with Crippen molar-refractivity contribution in [3.05, 3.63) is 59.7 Å². The molecule has 2 N–H and O–H groups in total. The van der Waals surface area contributed by atoms with Gasteiger partial charge in [0.25, 0.3) is 5.91 Å². The van der Waals surface area contributed by atoms with E-state index >= 15 is 0 Å². The third-order valence-corrected chi connectivity index (χ3v) is 8.11. The summed E-state index contributed by atoms with van der Waals surface area (Å²) in [7, 11) is 0. The van der Waals surface area contributed by atoms with Crippen LogP contribution in [-0.4, -0.2) is 65.4 Å². The van der Waals surface area contributed by atoms with Gasteiger partial charge >= 0.3 is 12.1 Å². The van der Waals surface area contributed by atoms with E-state index in [1.54, 1.807) is 0 Å². The summed E-state index contributed by atoms with van der Waals surface area (Å²) in [5.74, 6) is -1.35. The highest BCUT2D eigenvalue weighted by Crippen LogP contribution is 2.54. The van der Waals surface area contributed by atoms with Crippen molar-refractivity contribution >= 4 is 18.0 Å². The van der Waals surface area contributed by atoms with Crippen LogP contribution in [0.3, 0.4) is 0 Å². The smallest absolute Gasteiger partial charge is 0.407 e. The number of alkyl carbamates (subject to hydrolysis) is 1. The zero-order valence-corrected chi connectivity index (χ0v) is 19.3. The summed E-state index contributed by atoms with van der Waals surface area (Å²) in [5.41, 5.74) is 3.46. The fourth-order valence-electron chi connectivity index (χ4n) is 6.29. The monoisotopic (exact) mass is 476 g/mol. The Balaban J connectivity index is 1.12. The van der Waals surface area contributed by atoms with E-state index in [4.69, 9.17) is 9.47 Å². The number of nitrogens with one attached hydrogen (secondary N) is 1. The standard InChI is InChI=1S/C27H28N2O6/c30-24(29-12-5-6-16-14-27(16,29)25(31)32)23-22(11-13-34-23)28-26(33)35-15-21-19-9-3-1-7-17(19)18-8-2-4-10-20(18)21/h1-4,7-10,16,21-23H,5-6,11-15H2,(H,28,33)(H,31,32)/t16?,22-,23+,27?/m1/s1. The van der Waals surface area contributed by atoms with Crippen molar-refractivity contribution in [1.82, 2.24) is 10.2 Å². The Morgan fingerprint density at radius 3 is 2.43 bits per heavy atom. The van der Waals surface area contributed by atoms with E-state index in [-0.39, 0.29) is 24.3 Å². The third kappa shape index (κ3) is 3.50. The van der Waals surface area contributed by atoms with Gasteiger partial charge in [-0.2, -0.15) is 0 Å². The summed E-state index contributed by atoms with van der Waals surface area (Å²) in [6.45, 7) is 0.906. The molecule has 2 aromatic carbocycles. The number of nitrogens with zero attached hydrogens (tertiary/aromatic N) is 1. The summed E-state index contributed by atoms with van der Waals surface area (Å²) < 4.78 is 11.3. The van der Waals surface area contributed by atoms with Crippen LogP contribution in [0.1, 0.15) is 42.7 Å². The van der Waals surface area contributed by atoms with Gasteiger partial charge in [0, 0.05) is 19.1 Å². The minimum Gasteiger partial charge on any atom is -0.479 e. The normalized spacial score (nSPS) is 28.6. The van der Waals surface area contributed by atoms with Crippen molar-refractivity contribution in [2.45, 2.75) is 49.3 Å². The van der Waals surface area contributed by atoms with Gasteiger partial charge in [-0.05, 0) is 53.9 Å². The number of carboxylic acids is 1. The molecule has 4 aliphatic rings. The molecule has 6 rings (SSSR count). The van der Waals surface area contributed by atoms with E-state index in [0.29, 0.717) is 26.0 Å². The first kappa shape index (κ1) is 22.1. The van der Waals surface area contributed by atoms with Gasteiger partial charge in [-0.3, -0.25) is 4.79 Å². The average Bonchev–Trinajstić information content (AvgIpc) is 3.34. The number of fused-ring (bicyclic) bond motifs is 4. The first-order chi connectivity index (χ1) is 17.0. The van der Waals surface area contributed by atoms with Crippen LogP contribution in [0.4, 0.5) is 4.79 Å². The molecule has 2 amide bonds. The van der Waals surface area contributed by atoms with E-state index in [1.807, 2.05) is 24.3 Å². The Bertz CT molecular complexity index is 1150. The number of ether oxygens (including phenoxy) is 2. The van der Waals surface area contributed by atoms with Crippen molar-refractivity contribution in [2.24, 2.45) is 5.92 Å². The van der Waals surface area contributed by atoms with Gasteiger partial charge in [0.2, 0.25) is 0 Å².